The highest BCUT2D eigenvalue weighted by atomic mass is 32.2. The number of halogens is 4. The van der Waals surface area contributed by atoms with Gasteiger partial charge in [0.2, 0.25) is 5.78 Å². The molecule has 0 aliphatic heterocycles. The Hall–Kier alpha value is -4.63. The predicted octanol–water partition coefficient (Wildman–Crippen LogP) is 4.62. The van der Waals surface area contributed by atoms with Gasteiger partial charge in [-0.25, -0.2) is 39.4 Å². The fourth-order valence-corrected chi connectivity index (χ4v) is 5.73. The van der Waals surface area contributed by atoms with Crippen LogP contribution >= 0.6 is 0 Å². The van der Waals surface area contributed by atoms with Crippen LogP contribution in [0.25, 0.3) is 22.2 Å². The monoisotopic (exact) mass is 604 g/mol. The predicted molar refractivity (Wildman–Crippen MR) is 139 cm³/mol. The van der Waals surface area contributed by atoms with Crippen LogP contribution in [0, 0.1) is 23.3 Å². The number of carbonyl (C=O) groups is 1. The van der Waals surface area contributed by atoms with E-state index < -0.39 is 65.1 Å². The van der Waals surface area contributed by atoms with E-state index in [9.17, 15) is 34.8 Å². The van der Waals surface area contributed by atoms with Gasteiger partial charge in [0.1, 0.15) is 28.0 Å². The Labute approximate surface area is 229 Å². The first-order valence-electron chi connectivity index (χ1n) is 11.4. The molecular weight excluding hydrogens is 588 g/mol. The minimum Gasteiger partial charge on any atom is -0.345 e. The number of sulfonamides is 1. The van der Waals surface area contributed by atoms with Gasteiger partial charge in [0.25, 0.3) is 10.0 Å². The van der Waals surface area contributed by atoms with Crippen LogP contribution in [-0.2, 0) is 19.9 Å². The van der Waals surface area contributed by atoms with Crippen molar-refractivity contribution < 1.29 is 39.2 Å². The number of hydrogen-bond acceptors (Lipinski definition) is 7. The number of pyridine rings is 2. The first-order valence-corrected chi connectivity index (χ1v) is 14.8. The van der Waals surface area contributed by atoms with Crippen molar-refractivity contribution in [3.63, 3.8) is 0 Å². The first kappa shape index (κ1) is 27.9. The summed E-state index contributed by atoms with van der Waals surface area (Å²) in [5.74, 6) is -6.51. The molecule has 9 nitrogen and oxygen atoms in total. The molecule has 210 valence electrons. The molecule has 41 heavy (non-hydrogen) atoms. The number of benzene rings is 2. The zero-order chi connectivity index (χ0) is 29.7. The van der Waals surface area contributed by atoms with Gasteiger partial charge in [0.05, 0.1) is 16.1 Å². The second kappa shape index (κ2) is 10.1. The third-order valence-electron chi connectivity index (χ3n) is 6.00. The molecule has 3 aromatic heterocycles. The molecule has 2 aromatic carbocycles. The minimum atomic E-state index is -4.89. The molecule has 3 heterocycles. The first-order chi connectivity index (χ1) is 19.3. The molecule has 5 rings (SSSR count). The number of aromatic amines is 1. The number of sulfone groups is 1. The van der Waals surface area contributed by atoms with E-state index in [1.54, 1.807) is 4.72 Å². The Bertz CT molecular complexity index is 2100. The zero-order valence-electron chi connectivity index (χ0n) is 20.6. The lowest BCUT2D eigenvalue weighted by atomic mass is 10.00. The standard InChI is InChI=1S/C26H16F4N4O5S2/c1-40(36,37)16-6-13(9-31-11-16)14-7-17-18(12-33-26(17)32-10-14)25(35)23-20(29)4-5-21(24(23)30)34-41(38,39)22-8-15(27)2-3-19(22)28/h2-12,34H,1H3,(H,32,33). The Morgan fingerprint density at radius 3 is 2.32 bits per heavy atom. The number of hydrogen-bond donors (Lipinski definition) is 2. The van der Waals surface area contributed by atoms with Gasteiger partial charge in [-0.2, -0.15) is 0 Å². The van der Waals surface area contributed by atoms with E-state index in [1.165, 1.54) is 24.5 Å². The van der Waals surface area contributed by atoms with E-state index in [0.717, 1.165) is 18.6 Å². The Morgan fingerprint density at radius 2 is 1.59 bits per heavy atom. The SMILES string of the molecule is CS(=O)(=O)c1cncc(-c2cnc3[nH]cc(C(=O)c4c(F)ccc(NS(=O)(=O)c5cc(F)ccc5F)c4F)c3c2)c1. The summed E-state index contributed by atoms with van der Waals surface area (Å²) >= 11 is 0. The molecule has 0 aliphatic rings. The van der Waals surface area contributed by atoms with Crippen molar-refractivity contribution in [3.8, 4) is 11.1 Å². The summed E-state index contributed by atoms with van der Waals surface area (Å²) in [7, 11) is -8.47. The molecule has 0 amide bonds. The van der Waals surface area contributed by atoms with Crippen molar-refractivity contribution in [1.82, 2.24) is 15.0 Å². The smallest absolute Gasteiger partial charge is 0.265 e. The average Bonchev–Trinajstić information content (AvgIpc) is 3.34. The van der Waals surface area contributed by atoms with Crippen molar-refractivity contribution in [2.45, 2.75) is 9.79 Å². The van der Waals surface area contributed by atoms with Gasteiger partial charge in [0.15, 0.2) is 15.7 Å². The lowest BCUT2D eigenvalue weighted by Gasteiger charge is -2.12. The van der Waals surface area contributed by atoms with Gasteiger partial charge in [-0.05, 0) is 42.5 Å². The van der Waals surface area contributed by atoms with Crippen LogP contribution in [0.5, 0.6) is 0 Å². The molecule has 0 radical (unpaired) electrons. The summed E-state index contributed by atoms with van der Waals surface area (Å²) < 4.78 is 109. The normalized spacial score (nSPS) is 12.0. The number of nitrogens with one attached hydrogen (secondary N) is 2. The highest BCUT2D eigenvalue weighted by Gasteiger charge is 2.28. The second-order valence-corrected chi connectivity index (χ2v) is 12.5. The summed E-state index contributed by atoms with van der Waals surface area (Å²) in [6.07, 6.45) is 6.04. The average molecular weight is 605 g/mol. The molecule has 0 unspecified atom stereocenters. The van der Waals surface area contributed by atoms with Crippen molar-refractivity contribution in [1.29, 1.82) is 0 Å². The molecule has 2 N–H and O–H groups in total. The van der Waals surface area contributed by atoms with E-state index in [2.05, 4.69) is 15.0 Å². The molecule has 0 atom stereocenters. The van der Waals surface area contributed by atoms with E-state index in [1.807, 2.05) is 0 Å². The highest BCUT2D eigenvalue weighted by molar-refractivity contribution is 7.92. The number of anilines is 1. The van der Waals surface area contributed by atoms with Crippen molar-refractivity contribution in [3.05, 3.63) is 102 Å². The van der Waals surface area contributed by atoms with Gasteiger partial charge in [-0.15, -0.1) is 0 Å². The Balaban J connectivity index is 1.56. The molecule has 0 spiro atoms. The molecule has 0 saturated carbocycles. The van der Waals surface area contributed by atoms with Crippen LogP contribution in [0.2, 0.25) is 0 Å². The molecule has 0 aliphatic carbocycles. The van der Waals surface area contributed by atoms with E-state index >= 15 is 4.39 Å². The number of nitrogens with zero attached hydrogens (tertiary/aromatic N) is 2. The number of rotatable bonds is 7. The number of H-pyrrole nitrogens is 1. The van der Waals surface area contributed by atoms with E-state index in [-0.39, 0.29) is 21.5 Å². The maximum absolute atomic E-state index is 15.5. The van der Waals surface area contributed by atoms with Gasteiger partial charge in [-0.3, -0.25) is 14.5 Å². The maximum atomic E-state index is 15.5. The second-order valence-electron chi connectivity index (χ2n) is 8.80. The number of ketones is 1. The van der Waals surface area contributed by atoms with Crippen molar-refractivity contribution in [2.75, 3.05) is 11.0 Å². The maximum Gasteiger partial charge on any atom is 0.265 e. The summed E-state index contributed by atoms with van der Waals surface area (Å²) in [5.41, 5.74) is -1.43. The summed E-state index contributed by atoms with van der Waals surface area (Å²) in [4.78, 5) is 23.0. The van der Waals surface area contributed by atoms with Crippen LogP contribution < -0.4 is 4.72 Å². The fourth-order valence-electron chi connectivity index (χ4n) is 3.99. The van der Waals surface area contributed by atoms with Crippen molar-refractivity contribution >= 4 is 42.4 Å². The van der Waals surface area contributed by atoms with Gasteiger partial charge >= 0.3 is 0 Å². The van der Waals surface area contributed by atoms with Crippen LogP contribution in [0.4, 0.5) is 23.2 Å². The highest BCUT2D eigenvalue weighted by Crippen LogP contribution is 2.31. The number of fused-ring (bicyclic) bond motifs is 1. The quantitative estimate of drug-likeness (QED) is 0.204. The van der Waals surface area contributed by atoms with Crippen LogP contribution in [0.1, 0.15) is 15.9 Å². The molecule has 0 saturated heterocycles. The number of carbonyl (C=O) groups excluding carboxylic acids is 1. The topological polar surface area (TPSA) is 139 Å². The summed E-state index contributed by atoms with van der Waals surface area (Å²) in [6, 6.07) is 5.73. The lowest BCUT2D eigenvalue weighted by Crippen LogP contribution is -2.17. The molecule has 5 aromatic rings. The Morgan fingerprint density at radius 1 is 0.878 bits per heavy atom. The van der Waals surface area contributed by atoms with Crippen LogP contribution in [-0.4, -0.2) is 43.8 Å². The van der Waals surface area contributed by atoms with E-state index in [0.29, 0.717) is 41.5 Å². The Kier molecular flexibility index (Phi) is 6.87. The van der Waals surface area contributed by atoms with Gasteiger partial charge in [-0.1, -0.05) is 0 Å². The zero-order valence-corrected chi connectivity index (χ0v) is 22.2. The lowest BCUT2D eigenvalue weighted by molar-refractivity contribution is 0.103. The summed E-state index contributed by atoms with van der Waals surface area (Å²) in [5, 5.41) is 0.115. The molecule has 0 fully saturated rings. The third kappa shape index (κ3) is 5.28. The molecule has 0 bridgehead atoms. The fraction of sp³-hybridized carbons (Fsp3) is 0.0385. The van der Waals surface area contributed by atoms with Gasteiger partial charge < -0.3 is 4.98 Å². The summed E-state index contributed by atoms with van der Waals surface area (Å²) in [6.45, 7) is 0. The van der Waals surface area contributed by atoms with Crippen LogP contribution in [0.15, 0.2) is 77.0 Å². The third-order valence-corrected chi connectivity index (χ3v) is 8.46. The van der Waals surface area contributed by atoms with E-state index in [4.69, 9.17) is 0 Å². The molecular formula is C26H16F4N4O5S2. The van der Waals surface area contributed by atoms with Crippen molar-refractivity contribution in [2.24, 2.45) is 0 Å². The number of aromatic nitrogens is 3. The minimum absolute atomic E-state index is 0.0676. The molecule has 15 heteroatoms. The van der Waals surface area contributed by atoms with Gasteiger partial charge in [0, 0.05) is 53.1 Å². The largest absolute Gasteiger partial charge is 0.345 e. The van der Waals surface area contributed by atoms with Crippen LogP contribution in [0.3, 0.4) is 0 Å².